The summed E-state index contributed by atoms with van der Waals surface area (Å²) in [6, 6.07) is 4.08. The van der Waals surface area contributed by atoms with Crippen LogP contribution in [0.1, 0.15) is 72.7 Å². The third-order valence-electron chi connectivity index (χ3n) is 7.46. The molecule has 0 amide bonds. The average molecular weight is 546 g/mol. The lowest BCUT2D eigenvalue weighted by atomic mass is 9.83. The van der Waals surface area contributed by atoms with Crippen LogP contribution in [0.5, 0.6) is 0 Å². The van der Waals surface area contributed by atoms with Gasteiger partial charge in [-0.05, 0) is 60.5 Å². The second kappa shape index (κ2) is 13.0. The van der Waals surface area contributed by atoms with Crippen molar-refractivity contribution >= 4 is 44.8 Å². The monoisotopic (exact) mass is 545 g/mol. The highest BCUT2D eigenvalue weighted by molar-refractivity contribution is 7.21. The van der Waals surface area contributed by atoms with Crippen molar-refractivity contribution in [3.63, 3.8) is 0 Å². The summed E-state index contributed by atoms with van der Waals surface area (Å²) in [4.78, 5) is 29.2. The molecular formula is C28H39N3O4S2. The molecule has 1 fully saturated rings. The van der Waals surface area contributed by atoms with Crippen molar-refractivity contribution in [2.75, 3.05) is 40.4 Å². The molecule has 0 aliphatic heterocycles. The van der Waals surface area contributed by atoms with Crippen molar-refractivity contribution in [2.24, 2.45) is 0 Å². The Morgan fingerprint density at radius 3 is 2.57 bits per heavy atom. The van der Waals surface area contributed by atoms with Crippen LogP contribution in [0.2, 0.25) is 0 Å². The second-order valence-corrected chi connectivity index (χ2v) is 11.5. The number of thiophene rings is 2. The van der Waals surface area contributed by atoms with E-state index in [4.69, 9.17) is 9.47 Å². The number of carbonyl (C=O) groups excluding carboxylic acids is 2. The summed E-state index contributed by atoms with van der Waals surface area (Å²) in [6.07, 6.45) is 5.91. The lowest BCUT2D eigenvalue weighted by Crippen LogP contribution is -2.31. The van der Waals surface area contributed by atoms with Gasteiger partial charge in [0.2, 0.25) is 0 Å². The average Bonchev–Trinajstić information content (AvgIpc) is 3.63. The van der Waals surface area contributed by atoms with Gasteiger partial charge in [0.05, 0.1) is 35.0 Å². The standard InChI is InChI=1S/C28H39N3O4S2/c1-5-30(6-2)14-13-29-17-20-12-15-36-26(20)25-24(19-10-8-7-9-11-19)27-21(31(25)18-23(32)34-3)16-22(37-27)28(33)35-4/h12,15-16,19,29H,5-11,13-14,17-18H2,1-4H3. The molecule has 1 N–H and O–H groups in total. The van der Waals surface area contributed by atoms with Gasteiger partial charge in [-0.1, -0.05) is 33.1 Å². The van der Waals surface area contributed by atoms with Crippen molar-refractivity contribution in [2.45, 2.75) is 65.0 Å². The van der Waals surface area contributed by atoms with Crippen LogP contribution >= 0.6 is 22.7 Å². The van der Waals surface area contributed by atoms with Crippen LogP contribution in [0.4, 0.5) is 0 Å². The molecule has 1 saturated carbocycles. The Morgan fingerprint density at radius 2 is 1.89 bits per heavy atom. The highest BCUT2D eigenvalue weighted by Gasteiger charge is 2.31. The zero-order valence-corrected chi connectivity index (χ0v) is 24.1. The molecule has 37 heavy (non-hydrogen) atoms. The molecule has 9 heteroatoms. The number of ether oxygens (including phenoxy) is 2. The first kappa shape index (κ1) is 27.8. The molecule has 3 heterocycles. The maximum absolute atomic E-state index is 12.6. The Kier molecular flexibility index (Phi) is 9.81. The van der Waals surface area contributed by atoms with E-state index in [2.05, 4.69) is 40.1 Å². The normalized spacial score (nSPS) is 14.5. The summed E-state index contributed by atoms with van der Waals surface area (Å²) < 4.78 is 13.3. The van der Waals surface area contributed by atoms with Crippen LogP contribution in [-0.4, -0.2) is 61.8 Å². The predicted molar refractivity (Wildman–Crippen MR) is 152 cm³/mol. The minimum absolute atomic E-state index is 0.110. The van der Waals surface area contributed by atoms with Gasteiger partial charge in [-0.25, -0.2) is 4.79 Å². The number of hydrogen-bond acceptors (Lipinski definition) is 8. The molecular weight excluding hydrogens is 506 g/mol. The number of aromatic nitrogens is 1. The van der Waals surface area contributed by atoms with Gasteiger partial charge in [-0.3, -0.25) is 4.79 Å². The predicted octanol–water partition coefficient (Wildman–Crippen LogP) is 5.87. The molecule has 0 bridgehead atoms. The summed E-state index contributed by atoms with van der Waals surface area (Å²) in [7, 11) is 2.84. The van der Waals surface area contributed by atoms with Crippen LogP contribution in [0.15, 0.2) is 17.5 Å². The van der Waals surface area contributed by atoms with Crippen molar-refractivity contribution in [1.82, 2.24) is 14.8 Å². The number of likely N-dealkylation sites (N-methyl/N-ethyl adjacent to an activating group) is 1. The summed E-state index contributed by atoms with van der Waals surface area (Å²) in [5, 5.41) is 5.78. The summed E-state index contributed by atoms with van der Waals surface area (Å²) in [5.74, 6) is -0.231. The number of carbonyl (C=O) groups is 2. The molecule has 3 aromatic rings. The van der Waals surface area contributed by atoms with Crippen molar-refractivity contribution in [1.29, 1.82) is 0 Å². The fourth-order valence-electron chi connectivity index (χ4n) is 5.40. The third kappa shape index (κ3) is 6.11. The van der Waals surface area contributed by atoms with Crippen LogP contribution < -0.4 is 5.32 Å². The fraction of sp³-hybridized carbons (Fsp3) is 0.571. The molecule has 0 radical (unpaired) electrons. The van der Waals surface area contributed by atoms with Gasteiger partial charge in [0.1, 0.15) is 11.4 Å². The maximum Gasteiger partial charge on any atom is 0.348 e. The molecule has 3 aromatic heterocycles. The fourth-order valence-corrected chi connectivity index (χ4v) is 7.60. The zero-order valence-electron chi connectivity index (χ0n) is 22.4. The van der Waals surface area contributed by atoms with Gasteiger partial charge in [0, 0.05) is 19.6 Å². The van der Waals surface area contributed by atoms with Crippen molar-refractivity contribution in [3.8, 4) is 10.6 Å². The van der Waals surface area contributed by atoms with Crippen LogP contribution in [-0.2, 0) is 27.4 Å². The van der Waals surface area contributed by atoms with E-state index in [1.807, 2.05) is 6.07 Å². The SMILES string of the molecule is CCN(CC)CCNCc1ccsc1-c1c(C2CCCCC2)c2sc(C(=O)OC)cc2n1CC(=O)OC. The Morgan fingerprint density at radius 1 is 1.14 bits per heavy atom. The van der Waals surface area contributed by atoms with Crippen LogP contribution in [0.3, 0.4) is 0 Å². The van der Waals surface area contributed by atoms with E-state index >= 15 is 0 Å². The first-order valence-corrected chi connectivity index (χ1v) is 15.0. The number of rotatable bonds is 12. The molecule has 202 valence electrons. The lowest BCUT2D eigenvalue weighted by molar-refractivity contribution is -0.141. The topological polar surface area (TPSA) is 72.8 Å². The number of fused-ring (bicyclic) bond motifs is 1. The molecule has 4 rings (SSSR count). The molecule has 1 aliphatic rings. The lowest BCUT2D eigenvalue weighted by Gasteiger charge is -2.23. The summed E-state index contributed by atoms with van der Waals surface area (Å²) in [6.45, 7) is 9.32. The van der Waals surface area contributed by atoms with Gasteiger partial charge in [0.25, 0.3) is 0 Å². The van der Waals surface area contributed by atoms with Gasteiger partial charge in [-0.2, -0.15) is 0 Å². The number of esters is 2. The molecule has 0 unspecified atom stereocenters. The van der Waals surface area contributed by atoms with E-state index in [1.165, 1.54) is 60.8 Å². The smallest absolute Gasteiger partial charge is 0.348 e. The van der Waals surface area contributed by atoms with Crippen LogP contribution in [0.25, 0.3) is 20.8 Å². The van der Waals surface area contributed by atoms with Gasteiger partial charge >= 0.3 is 11.9 Å². The van der Waals surface area contributed by atoms with Crippen LogP contribution in [0, 0.1) is 0 Å². The molecule has 0 atom stereocenters. The van der Waals surface area contributed by atoms with E-state index in [-0.39, 0.29) is 18.5 Å². The zero-order chi connectivity index (χ0) is 26.4. The molecule has 0 saturated heterocycles. The van der Waals surface area contributed by atoms with Gasteiger partial charge in [-0.15, -0.1) is 22.7 Å². The highest BCUT2D eigenvalue weighted by atomic mass is 32.1. The summed E-state index contributed by atoms with van der Waals surface area (Å²) >= 11 is 3.21. The Labute approximate surface area is 227 Å². The summed E-state index contributed by atoms with van der Waals surface area (Å²) in [5.41, 5.74) is 4.56. The highest BCUT2D eigenvalue weighted by Crippen LogP contribution is 2.48. The van der Waals surface area contributed by atoms with Gasteiger partial charge in [0.15, 0.2) is 0 Å². The molecule has 7 nitrogen and oxygen atoms in total. The van der Waals surface area contributed by atoms with Crippen molar-refractivity contribution < 1.29 is 19.1 Å². The maximum atomic E-state index is 12.6. The quantitative estimate of drug-likeness (QED) is 0.227. The molecule has 0 aromatic carbocycles. The number of methoxy groups -OCH3 is 2. The minimum Gasteiger partial charge on any atom is -0.468 e. The minimum atomic E-state index is -0.337. The Balaban J connectivity index is 1.79. The van der Waals surface area contributed by atoms with Crippen molar-refractivity contribution in [3.05, 3.63) is 33.5 Å². The first-order chi connectivity index (χ1) is 18.0. The molecule has 0 spiro atoms. The Hall–Kier alpha value is -2.20. The first-order valence-electron chi connectivity index (χ1n) is 13.3. The number of nitrogens with one attached hydrogen (secondary N) is 1. The van der Waals surface area contributed by atoms with E-state index < -0.39 is 0 Å². The third-order valence-corrected chi connectivity index (χ3v) is 9.57. The van der Waals surface area contributed by atoms with E-state index in [0.717, 1.165) is 61.5 Å². The number of nitrogens with zero attached hydrogens (tertiary/aromatic N) is 2. The van der Waals surface area contributed by atoms with E-state index in [0.29, 0.717) is 10.8 Å². The second-order valence-electron chi connectivity index (χ2n) is 9.55. The Bertz CT molecular complexity index is 1200. The van der Waals surface area contributed by atoms with E-state index in [9.17, 15) is 9.59 Å². The van der Waals surface area contributed by atoms with E-state index in [1.54, 1.807) is 11.3 Å². The number of hydrogen-bond donors (Lipinski definition) is 1. The largest absolute Gasteiger partial charge is 0.468 e. The molecule has 1 aliphatic carbocycles. The van der Waals surface area contributed by atoms with Gasteiger partial charge < -0.3 is 24.3 Å².